The van der Waals surface area contributed by atoms with Gasteiger partial charge in [-0.3, -0.25) is 9.80 Å². The minimum Gasteiger partial charge on any atom is -0.478 e. The molecular formula is C55H64Br4N2O20. The van der Waals surface area contributed by atoms with Crippen molar-refractivity contribution in [1.29, 1.82) is 0 Å². The molecule has 0 saturated carbocycles. The number of fused-ring (bicyclic) bond motifs is 4. The first-order valence-electron chi connectivity index (χ1n) is 25.3. The van der Waals surface area contributed by atoms with Gasteiger partial charge in [0.05, 0.1) is 101 Å². The van der Waals surface area contributed by atoms with Crippen molar-refractivity contribution in [1.82, 2.24) is 9.80 Å². The SMILES string of the molecule is COC(=O)c1cc(Br)c2c(c1C)OC(C)(CO)O2.COC(=O)c1cc(Br)c2c(c1C)O[C@@](C)(CN1CCOCC1)O2.COC(=O)c1cc(Br)c2c(c1C)O[C@@](C)(CO)O2.Cc1c(C(=O)O)cc(Br)c2c1O[C@@](C)(CN1CCOCC1)O2. The molecule has 6 aliphatic heterocycles. The summed E-state index contributed by atoms with van der Waals surface area (Å²) in [6.45, 7) is 20.9. The summed E-state index contributed by atoms with van der Waals surface area (Å²) in [7, 11) is 4.00. The first kappa shape index (κ1) is 63.4. The number of methoxy groups -OCH3 is 3. The summed E-state index contributed by atoms with van der Waals surface area (Å²) in [6.07, 6.45) is 0. The normalized spacial score (nSPS) is 22.7. The van der Waals surface area contributed by atoms with Gasteiger partial charge in [-0.1, -0.05) is 0 Å². The summed E-state index contributed by atoms with van der Waals surface area (Å²) in [5.41, 5.74) is 4.02. The molecular weight excluding hydrogens is 1330 g/mol. The molecule has 4 atom stereocenters. The van der Waals surface area contributed by atoms with Crippen molar-refractivity contribution >= 4 is 87.6 Å². The van der Waals surface area contributed by atoms with Crippen LogP contribution in [0.5, 0.6) is 46.0 Å². The third kappa shape index (κ3) is 13.9. The average Bonchev–Trinajstić information content (AvgIpc) is 4.40. The maximum Gasteiger partial charge on any atom is 0.338 e. The first-order valence-corrected chi connectivity index (χ1v) is 28.5. The van der Waals surface area contributed by atoms with Crippen molar-refractivity contribution in [2.75, 3.05) is 100 Å². The molecule has 442 valence electrons. The van der Waals surface area contributed by atoms with Crippen LogP contribution in [0, 0.1) is 27.7 Å². The van der Waals surface area contributed by atoms with Crippen LogP contribution in [0.2, 0.25) is 0 Å². The summed E-state index contributed by atoms with van der Waals surface area (Å²) in [6, 6.07) is 6.50. The Morgan fingerprint density at radius 1 is 0.444 bits per heavy atom. The second kappa shape index (κ2) is 25.8. The lowest BCUT2D eigenvalue weighted by atomic mass is 10.1. The highest BCUT2D eigenvalue weighted by atomic mass is 79.9. The van der Waals surface area contributed by atoms with Gasteiger partial charge in [0.1, 0.15) is 13.2 Å². The van der Waals surface area contributed by atoms with E-state index in [2.05, 4.69) is 73.5 Å². The number of rotatable bonds is 10. The number of benzene rings is 4. The molecule has 81 heavy (non-hydrogen) atoms. The fourth-order valence-electron chi connectivity index (χ4n) is 9.27. The van der Waals surface area contributed by atoms with Crippen molar-refractivity contribution in [3.63, 3.8) is 0 Å². The molecule has 4 aromatic carbocycles. The molecule has 4 aromatic rings. The fraction of sp³-hybridized carbons (Fsp3) is 0.491. The lowest BCUT2D eigenvalue weighted by Gasteiger charge is -2.33. The summed E-state index contributed by atoms with van der Waals surface area (Å²) in [5.74, 6) is -1.98. The number of aromatic carboxylic acids is 1. The van der Waals surface area contributed by atoms with Gasteiger partial charge in [-0.25, -0.2) is 19.2 Å². The van der Waals surface area contributed by atoms with E-state index in [9.17, 15) is 34.5 Å². The number of esters is 3. The number of carbonyl (C=O) groups is 4. The number of aliphatic hydroxyl groups excluding tert-OH is 2. The van der Waals surface area contributed by atoms with Crippen molar-refractivity contribution in [3.05, 3.63) is 86.7 Å². The zero-order valence-electron chi connectivity index (χ0n) is 46.5. The number of aliphatic hydroxyl groups is 2. The molecule has 3 N–H and O–H groups in total. The fourth-order valence-corrected chi connectivity index (χ4v) is 11.2. The number of morpholine rings is 2. The Morgan fingerprint density at radius 3 is 0.938 bits per heavy atom. The van der Waals surface area contributed by atoms with Gasteiger partial charge >= 0.3 is 23.9 Å². The van der Waals surface area contributed by atoms with Crippen LogP contribution in [0.4, 0.5) is 0 Å². The highest BCUT2D eigenvalue weighted by molar-refractivity contribution is 9.11. The van der Waals surface area contributed by atoms with Crippen molar-refractivity contribution in [2.24, 2.45) is 0 Å². The zero-order chi connectivity index (χ0) is 59.5. The van der Waals surface area contributed by atoms with Gasteiger partial charge in [0, 0.05) is 76.1 Å². The highest BCUT2D eigenvalue weighted by Crippen LogP contribution is 2.52. The lowest BCUT2D eigenvalue weighted by molar-refractivity contribution is -0.0993. The first-order chi connectivity index (χ1) is 38.2. The van der Waals surface area contributed by atoms with E-state index >= 15 is 0 Å². The monoisotopic (exact) mass is 1390 g/mol. The van der Waals surface area contributed by atoms with Crippen LogP contribution in [0.25, 0.3) is 0 Å². The molecule has 6 heterocycles. The molecule has 2 saturated heterocycles. The Kier molecular flexibility index (Phi) is 20.2. The van der Waals surface area contributed by atoms with Crippen LogP contribution < -0.4 is 37.9 Å². The third-order valence-electron chi connectivity index (χ3n) is 13.5. The molecule has 1 unspecified atom stereocenters. The molecule has 6 aliphatic rings. The summed E-state index contributed by atoms with van der Waals surface area (Å²) in [4.78, 5) is 50.9. The van der Waals surface area contributed by atoms with Crippen LogP contribution in [-0.2, 0) is 23.7 Å². The number of carboxylic acid groups (broad SMARTS) is 1. The summed E-state index contributed by atoms with van der Waals surface area (Å²) in [5, 5.41) is 27.8. The molecule has 0 aromatic heterocycles. The van der Waals surface area contributed by atoms with Gasteiger partial charge in [-0.2, -0.15) is 0 Å². The minimum atomic E-state index is -1.12. The second-order valence-electron chi connectivity index (χ2n) is 20.0. The number of carbonyl (C=O) groups excluding carboxylic acids is 3. The number of halogens is 4. The molecule has 0 bridgehead atoms. The van der Waals surface area contributed by atoms with Gasteiger partial charge in [0.15, 0.2) is 46.0 Å². The van der Waals surface area contributed by atoms with E-state index in [1.165, 1.54) is 21.3 Å². The largest absolute Gasteiger partial charge is 0.478 e. The van der Waals surface area contributed by atoms with Crippen LogP contribution in [-0.4, -0.2) is 172 Å². The van der Waals surface area contributed by atoms with Crippen molar-refractivity contribution in [3.8, 4) is 46.0 Å². The Labute approximate surface area is 501 Å². The van der Waals surface area contributed by atoms with E-state index in [0.717, 1.165) is 45.0 Å². The lowest BCUT2D eigenvalue weighted by Crippen LogP contribution is -2.50. The predicted molar refractivity (Wildman–Crippen MR) is 304 cm³/mol. The van der Waals surface area contributed by atoms with Crippen LogP contribution >= 0.6 is 63.7 Å². The second-order valence-corrected chi connectivity index (χ2v) is 23.4. The van der Waals surface area contributed by atoms with Gasteiger partial charge in [-0.05, 0) is 116 Å². The molecule has 10 rings (SSSR count). The molecule has 26 heteroatoms. The van der Waals surface area contributed by atoms with Gasteiger partial charge in [-0.15, -0.1) is 0 Å². The quantitative estimate of drug-likeness (QED) is 0.0991. The molecule has 0 radical (unpaired) electrons. The maximum atomic E-state index is 11.9. The predicted octanol–water partition coefficient (Wildman–Crippen LogP) is 8.69. The third-order valence-corrected chi connectivity index (χ3v) is 15.9. The van der Waals surface area contributed by atoms with Crippen LogP contribution in [0.3, 0.4) is 0 Å². The minimum absolute atomic E-state index is 0.213. The standard InChI is InChI=1S/C16H20BrNO5.C15H18BrNO5.2C12H13BrO5/c1-10-11(15(19)20-3)8-12(17)14-13(10)22-16(2,23-14)9-18-4-6-21-7-5-18;1-9-10(14(18)19)7-11(16)13-12(9)21-15(2,22-13)8-17-3-5-20-6-4-17;2*1-6-7(11(15)16-3)4-8(13)10-9(6)17-12(2,5-14)18-10/h8H,4-7,9H2,1-3H3;7H,3-6,8H2,1-2H3,(H,18,19);2*4,14H,5H2,1-3H3/t16-;15-;12-;/m111./s1. The molecule has 0 spiro atoms. The van der Waals surface area contributed by atoms with E-state index in [0.29, 0.717) is 124 Å². The maximum absolute atomic E-state index is 11.9. The van der Waals surface area contributed by atoms with E-state index < -0.39 is 47.0 Å². The number of nitrogens with zero attached hydrogens (tertiary/aromatic N) is 2. The molecule has 0 amide bonds. The van der Waals surface area contributed by atoms with Gasteiger partial charge in [0.25, 0.3) is 23.1 Å². The van der Waals surface area contributed by atoms with Crippen molar-refractivity contribution in [2.45, 2.75) is 78.5 Å². The Balaban J connectivity index is 0.000000157. The molecule has 2 fully saturated rings. The Bertz CT molecular complexity index is 2990. The van der Waals surface area contributed by atoms with E-state index in [-0.39, 0.29) is 18.8 Å². The van der Waals surface area contributed by atoms with Gasteiger partial charge in [0.2, 0.25) is 0 Å². The number of hydrogen-bond acceptors (Lipinski definition) is 21. The average molecular weight is 1390 g/mol. The smallest absolute Gasteiger partial charge is 0.338 e. The summed E-state index contributed by atoms with van der Waals surface area (Å²) >= 11 is 13.5. The van der Waals surface area contributed by atoms with E-state index in [1.807, 2.05) is 20.8 Å². The Morgan fingerprint density at radius 2 is 0.679 bits per heavy atom. The topological polar surface area (TPSA) is 255 Å². The highest BCUT2D eigenvalue weighted by Gasteiger charge is 2.45. The van der Waals surface area contributed by atoms with Crippen molar-refractivity contribution < 1.29 is 96.1 Å². The Hall–Kier alpha value is -5.16. The van der Waals surface area contributed by atoms with Crippen LogP contribution in [0.15, 0.2) is 42.2 Å². The number of carboxylic acids is 1. The van der Waals surface area contributed by atoms with E-state index in [1.54, 1.807) is 58.9 Å². The number of ether oxygens (including phenoxy) is 13. The molecule has 0 aliphatic carbocycles. The van der Waals surface area contributed by atoms with Crippen LogP contribution in [0.1, 0.15) is 91.4 Å². The summed E-state index contributed by atoms with van der Waals surface area (Å²) < 4.78 is 73.8. The van der Waals surface area contributed by atoms with E-state index in [4.69, 9.17) is 61.6 Å². The van der Waals surface area contributed by atoms with Gasteiger partial charge < -0.3 is 76.9 Å². The number of hydrogen-bond donors (Lipinski definition) is 3. The zero-order valence-corrected chi connectivity index (χ0v) is 52.8. The molecule has 22 nitrogen and oxygen atoms in total.